The first kappa shape index (κ1) is 9.96. The zero-order chi connectivity index (χ0) is 9.68. The van der Waals surface area contributed by atoms with Crippen LogP contribution >= 0.6 is 0 Å². The van der Waals surface area contributed by atoms with Crippen LogP contribution in [0.4, 0.5) is 4.39 Å². The monoisotopic (exact) mass is 183 g/mol. The quantitative estimate of drug-likeness (QED) is 0.669. The highest BCUT2D eigenvalue weighted by atomic mass is 19.1. The van der Waals surface area contributed by atoms with E-state index in [0.717, 1.165) is 6.42 Å². The summed E-state index contributed by atoms with van der Waals surface area (Å²) in [4.78, 5) is 3.49. The molecule has 0 aromatic carbocycles. The first-order valence-electron chi connectivity index (χ1n) is 4.43. The van der Waals surface area contributed by atoms with Crippen molar-refractivity contribution in [1.29, 1.82) is 0 Å². The van der Waals surface area contributed by atoms with E-state index in [-0.39, 0.29) is 0 Å². The first-order valence-corrected chi connectivity index (χ1v) is 4.43. The second-order valence-corrected chi connectivity index (χ2v) is 3.35. The number of nitrogens with zero attached hydrogens (tertiary/aromatic N) is 1. The van der Waals surface area contributed by atoms with Crippen LogP contribution < -0.4 is 4.74 Å². The molecule has 3 heteroatoms. The fourth-order valence-electron chi connectivity index (χ4n) is 0.860. The van der Waals surface area contributed by atoms with E-state index < -0.39 is 5.95 Å². The summed E-state index contributed by atoms with van der Waals surface area (Å²) in [6.07, 6.45) is 2.40. The van der Waals surface area contributed by atoms with E-state index in [1.54, 1.807) is 6.07 Å². The van der Waals surface area contributed by atoms with E-state index in [2.05, 4.69) is 18.8 Å². The Morgan fingerprint density at radius 3 is 2.77 bits per heavy atom. The van der Waals surface area contributed by atoms with Crippen LogP contribution in [0.2, 0.25) is 0 Å². The highest BCUT2D eigenvalue weighted by molar-refractivity contribution is 5.15. The Bertz CT molecular complexity index is 246. The van der Waals surface area contributed by atoms with Gasteiger partial charge in [0, 0.05) is 0 Å². The third-order valence-corrected chi connectivity index (χ3v) is 1.66. The van der Waals surface area contributed by atoms with Gasteiger partial charge in [-0.05, 0) is 24.5 Å². The number of aromatic nitrogens is 1. The smallest absolute Gasteiger partial charge is 0.213 e. The molecular weight excluding hydrogens is 169 g/mol. The van der Waals surface area contributed by atoms with Gasteiger partial charge in [0.2, 0.25) is 5.95 Å². The number of ether oxygens (including phenoxy) is 1. The maximum Gasteiger partial charge on any atom is 0.213 e. The Morgan fingerprint density at radius 1 is 1.46 bits per heavy atom. The number of hydrogen-bond donors (Lipinski definition) is 0. The molecule has 0 amide bonds. The van der Waals surface area contributed by atoms with Crippen LogP contribution in [0.3, 0.4) is 0 Å². The lowest BCUT2D eigenvalue weighted by molar-refractivity contribution is 0.287. The molecule has 0 aliphatic carbocycles. The Balaban J connectivity index is 2.33. The number of rotatable bonds is 4. The summed E-state index contributed by atoms with van der Waals surface area (Å²) in [5.41, 5.74) is 0. The van der Waals surface area contributed by atoms with Gasteiger partial charge in [0.15, 0.2) is 0 Å². The first-order chi connectivity index (χ1) is 6.18. The number of halogens is 1. The van der Waals surface area contributed by atoms with Crippen LogP contribution in [0.15, 0.2) is 18.3 Å². The maximum absolute atomic E-state index is 12.4. The maximum atomic E-state index is 12.4. The molecule has 1 aromatic heterocycles. The van der Waals surface area contributed by atoms with Gasteiger partial charge in [-0.25, -0.2) is 4.98 Å². The average Bonchev–Trinajstić information content (AvgIpc) is 2.08. The van der Waals surface area contributed by atoms with Crippen LogP contribution in [0.1, 0.15) is 20.3 Å². The van der Waals surface area contributed by atoms with Crippen LogP contribution in [0.25, 0.3) is 0 Å². The van der Waals surface area contributed by atoms with Crippen molar-refractivity contribution in [1.82, 2.24) is 4.98 Å². The van der Waals surface area contributed by atoms with Crippen LogP contribution in [0, 0.1) is 11.9 Å². The van der Waals surface area contributed by atoms with E-state index >= 15 is 0 Å². The molecule has 0 saturated heterocycles. The van der Waals surface area contributed by atoms with Gasteiger partial charge < -0.3 is 4.74 Å². The van der Waals surface area contributed by atoms with Crippen molar-refractivity contribution >= 4 is 0 Å². The molecule has 0 bridgehead atoms. The van der Waals surface area contributed by atoms with Gasteiger partial charge in [-0.15, -0.1) is 0 Å². The lowest BCUT2D eigenvalue weighted by atomic mass is 10.1. The predicted octanol–water partition coefficient (Wildman–Crippen LogP) is 2.65. The van der Waals surface area contributed by atoms with Crippen molar-refractivity contribution in [3.05, 3.63) is 24.3 Å². The van der Waals surface area contributed by atoms with E-state index in [4.69, 9.17) is 4.74 Å². The van der Waals surface area contributed by atoms with Crippen molar-refractivity contribution in [2.75, 3.05) is 6.61 Å². The molecule has 0 aliphatic rings. The standard InChI is InChI=1S/C10H14FNO/c1-8(2)5-6-13-9-3-4-10(11)12-7-9/h3-4,7-8H,5-6H2,1-2H3. The zero-order valence-electron chi connectivity index (χ0n) is 7.96. The van der Waals surface area contributed by atoms with Gasteiger partial charge in [0.05, 0.1) is 12.8 Å². The SMILES string of the molecule is CC(C)CCOc1ccc(F)nc1. The molecule has 0 spiro atoms. The van der Waals surface area contributed by atoms with Crippen LogP contribution in [0.5, 0.6) is 5.75 Å². The topological polar surface area (TPSA) is 22.1 Å². The molecule has 1 rings (SSSR count). The van der Waals surface area contributed by atoms with Gasteiger partial charge in [-0.1, -0.05) is 13.8 Å². The minimum Gasteiger partial charge on any atom is -0.492 e. The largest absolute Gasteiger partial charge is 0.492 e. The summed E-state index contributed by atoms with van der Waals surface area (Å²) >= 11 is 0. The molecule has 0 fully saturated rings. The molecule has 0 N–H and O–H groups in total. The molecule has 0 atom stereocenters. The Morgan fingerprint density at radius 2 is 2.23 bits per heavy atom. The third-order valence-electron chi connectivity index (χ3n) is 1.66. The van der Waals surface area contributed by atoms with E-state index in [0.29, 0.717) is 18.3 Å². The molecule has 1 aromatic rings. The predicted molar refractivity (Wildman–Crippen MR) is 49.1 cm³/mol. The minimum absolute atomic E-state index is 0.476. The molecular formula is C10H14FNO. The zero-order valence-corrected chi connectivity index (χ0v) is 7.96. The van der Waals surface area contributed by atoms with E-state index in [9.17, 15) is 4.39 Å². The summed E-state index contributed by atoms with van der Waals surface area (Å²) < 4.78 is 17.7. The summed E-state index contributed by atoms with van der Waals surface area (Å²) in [6, 6.07) is 2.88. The molecule has 1 heterocycles. The summed E-state index contributed by atoms with van der Waals surface area (Å²) in [6.45, 7) is 4.92. The molecule has 13 heavy (non-hydrogen) atoms. The van der Waals surface area contributed by atoms with Gasteiger partial charge in [-0.3, -0.25) is 0 Å². The lowest BCUT2D eigenvalue weighted by Gasteiger charge is -2.06. The minimum atomic E-state index is -0.476. The number of hydrogen-bond acceptors (Lipinski definition) is 2. The average molecular weight is 183 g/mol. The highest BCUT2D eigenvalue weighted by Crippen LogP contribution is 2.09. The third kappa shape index (κ3) is 3.87. The van der Waals surface area contributed by atoms with Crippen molar-refractivity contribution in [2.45, 2.75) is 20.3 Å². The molecule has 2 nitrogen and oxygen atoms in total. The molecule has 0 aliphatic heterocycles. The Kier molecular flexibility index (Phi) is 3.68. The van der Waals surface area contributed by atoms with Crippen molar-refractivity contribution in [3.8, 4) is 5.75 Å². The summed E-state index contributed by atoms with van der Waals surface area (Å²) in [5.74, 6) is 0.770. The van der Waals surface area contributed by atoms with Crippen molar-refractivity contribution in [3.63, 3.8) is 0 Å². The number of pyridine rings is 1. The van der Waals surface area contributed by atoms with Gasteiger partial charge in [0.1, 0.15) is 5.75 Å². The van der Waals surface area contributed by atoms with Crippen molar-refractivity contribution < 1.29 is 9.13 Å². The second kappa shape index (κ2) is 4.80. The van der Waals surface area contributed by atoms with Crippen molar-refractivity contribution in [2.24, 2.45) is 5.92 Å². The summed E-state index contributed by atoms with van der Waals surface area (Å²) in [5, 5.41) is 0. The molecule has 72 valence electrons. The molecule has 0 radical (unpaired) electrons. The van der Waals surface area contributed by atoms with Gasteiger partial charge >= 0.3 is 0 Å². The fraction of sp³-hybridized carbons (Fsp3) is 0.500. The van der Waals surface area contributed by atoms with Crippen LogP contribution in [-0.4, -0.2) is 11.6 Å². The fourth-order valence-corrected chi connectivity index (χ4v) is 0.860. The summed E-state index contributed by atoms with van der Waals surface area (Å²) in [7, 11) is 0. The second-order valence-electron chi connectivity index (χ2n) is 3.35. The normalized spacial score (nSPS) is 10.5. The van der Waals surface area contributed by atoms with Gasteiger partial charge in [-0.2, -0.15) is 4.39 Å². The molecule has 0 unspecified atom stereocenters. The van der Waals surface area contributed by atoms with E-state index in [1.165, 1.54) is 12.3 Å². The lowest BCUT2D eigenvalue weighted by Crippen LogP contribution is -2.01. The highest BCUT2D eigenvalue weighted by Gasteiger charge is 1.97. The molecule has 0 saturated carbocycles. The Labute approximate surface area is 77.8 Å². The van der Waals surface area contributed by atoms with E-state index in [1.807, 2.05) is 0 Å². The Hall–Kier alpha value is -1.12. The van der Waals surface area contributed by atoms with Crippen LogP contribution in [-0.2, 0) is 0 Å². The van der Waals surface area contributed by atoms with Gasteiger partial charge in [0.25, 0.3) is 0 Å².